The normalized spacial score (nSPS) is 11.3. The van der Waals surface area contributed by atoms with Gasteiger partial charge in [0.1, 0.15) is 5.75 Å². The standard InChI is InChI=1S/C13H14O3/c1-2-3-4-5-6-10-9-11(14)7-8-12(10)13(15)16/h2-5,7-9,14H,6H2,1H3,(H,15,16)/b3-2+,5-4+. The van der Waals surface area contributed by atoms with Gasteiger partial charge in [-0.2, -0.15) is 0 Å². The van der Waals surface area contributed by atoms with E-state index in [1.165, 1.54) is 18.2 Å². The number of rotatable bonds is 4. The molecule has 0 saturated carbocycles. The highest BCUT2D eigenvalue weighted by Crippen LogP contribution is 2.17. The van der Waals surface area contributed by atoms with Crippen LogP contribution in [0.3, 0.4) is 0 Å². The van der Waals surface area contributed by atoms with Crippen molar-refractivity contribution in [3.63, 3.8) is 0 Å². The van der Waals surface area contributed by atoms with Crippen LogP contribution in [-0.2, 0) is 6.42 Å². The maximum atomic E-state index is 10.9. The van der Waals surface area contributed by atoms with E-state index in [2.05, 4.69) is 0 Å². The van der Waals surface area contributed by atoms with Crippen molar-refractivity contribution in [2.75, 3.05) is 0 Å². The molecule has 2 N–H and O–H groups in total. The molecule has 0 atom stereocenters. The topological polar surface area (TPSA) is 57.5 Å². The third-order valence-corrected chi connectivity index (χ3v) is 2.10. The number of aromatic hydroxyl groups is 1. The van der Waals surface area contributed by atoms with Crippen molar-refractivity contribution < 1.29 is 15.0 Å². The zero-order valence-corrected chi connectivity index (χ0v) is 9.05. The highest BCUT2D eigenvalue weighted by Gasteiger charge is 2.08. The SMILES string of the molecule is C/C=C/C=C/Cc1cc(O)ccc1C(=O)O. The maximum Gasteiger partial charge on any atom is 0.335 e. The lowest BCUT2D eigenvalue weighted by Crippen LogP contribution is -2.01. The number of phenolic OH excluding ortho intramolecular Hbond substituents is 1. The second-order valence-electron chi connectivity index (χ2n) is 3.30. The van der Waals surface area contributed by atoms with Crippen LogP contribution in [0.25, 0.3) is 0 Å². The van der Waals surface area contributed by atoms with E-state index < -0.39 is 5.97 Å². The number of aromatic carboxylic acids is 1. The minimum atomic E-state index is -0.977. The van der Waals surface area contributed by atoms with Crippen molar-refractivity contribution in [3.05, 3.63) is 53.6 Å². The smallest absolute Gasteiger partial charge is 0.335 e. The van der Waals surface area contributed by atoms with Gasteiger partial charge < -0.3 is 10.2 Å². The van der Waals surface area contributed by atoms with E-state index in [9.17, 15) is 9.90 Å². The first-order chi connectivity index (χ1) is 7.65. The number of allylic oxidation sites excluding steroid dienone is 4. The lowest BCUT2D eigenvalue weighted by molar-refractivity contribution is 0.0696. The summed E-state index contributed by atoms with van der Waals surface area (Å²) in [6, 6.07) is 4.27. The average Bonchev–Trinajstić information content (AvgIpc) is 2.24. The molecule has 1 aromatic carbocycles. The van der Waals surface area contributed by atoms with Crippen molar-refractivity contribution in [3.8, 4) is 5.75 Å². The summed E-state index contributed by atoms with van der Waals surface area (Å²) >= 11 is 0. The third-order valence-electron chi connectivity index (χ3n) is 2.10. The number of hydrogen-bond donors (Lipinski definition) is 2. The molecule has 0 aromatic heterocycles. The lowest BCUT2D eigenvalue weighted by atomic mass is 10.0. The fraction of sp³-hybridized carbons (Fsp3) is 0.154. The van der Waals surface area contributed by atoms with Crippen molar-refractivity contribution in [1.82, 2.24) is 0 Å². The Bertz CT molecular complexity index is 431. The van der Waals surface area contributed by atoms with Crippen LogP contribution in [0.4, 0.5) is 0 Å². The zero-order chi connectivity index (χ0) is 12.0. The van der Waals surface area contributed by atoms with Gasteiger partial charge in [0.05, 0.1) is 5.56 Å². The van der Waals surface area contributed by atoms with E-state index in [4.69, 9.17) is 5.11 Å². The molecule has 0 aliphatic rings. The zero-order valence-electron chi connectivity index (χ0n) is 9.05. The van der Waals surface area contributed by atoms with Crippen LogP contribution in [0.15, 0.2) is 42.5 Å². The van der Waals surface area contributed by atoms with Crippen LogP contribution < -0.4 is 0 Å². The molecule has 1 rings (SSSR count). The summed E-state index contributed by atoms with van der Waals surface area (Å²) in [4.78, 5) is 10.9. The minimum absolute atomic E-state index is 0.0828. The molecule has 0 unspecified atom stereocenters. The molecule has 0 aliphatic carbocycles. The van der Waals surface area contributed by atoms with Crippen LogP contribution in [0, 0.1) is 0 Å². The molecule has 0 bridgehead atoms. The maximum absolute atomic E-state index is 10.9. The van der Waals surface area contributed by atoms with Gasteiger partial charge in [0, 0.05) is 0 Å². The first-order valence-corrected chi connectivity index (χ1v) is 4.98. The van der Waals surface area contributed by atoms with Gasteiger partial charge in [-0.15, -0.1) is 0 Å². The summed E-state index contributed by atoms with van der Waals surface area (Å²) in [5.74, 6) is -0.895. The number of carboxylic acids is 1. The van der Waals surface area contributed by atoms with Crippen LogP contribution in [-0.4, -0.2) is 16.2 Å². The average molecular weight is 218 g/mol. The minimum Gasteiger partial charge on any atom is -0.508 e. The second kappa shape index (κ2) is 5.75. The lowest BCUT2D eigenvalue weighted by Gasteiger charge is -2.03. The Morgan fingerprint density at radius 1 is 1.38 bits per heavy atom. The van der Waals surface area contributed by atoms with E-state index in [1.54, 1.807) is 0 Å². The van der Waals surface area contributed by atoms with E-state index >= 15 is 0 Å². The molecule has 16 heavy (non-hydrogen) atoms. The number of carboxylic acid groups (broad SMARTS) is 1. The summed E-state index contributed by atoms with van der Waals surface area (Å²) in [5.41, 5.74) is 0.830. The Hall–Kier alpha value is -2.03. The molecule has 3 nitrogen and oxygen atoms in total. The molecule has 0 saturated heterocycles. The van der Waals surface area contributed by atoms with E-state index in [0.717, 1.165) is 0 Å². The molecular formula is C13H14O3. The number of carbonyl (C=O) groups is 1. The predicted octanol–water partition coefficient (Wildman–Crippen LogP) is 2.77. The highest BCUT2D eigenvalue weighted by molar-refractivity contribution is 5.89. The Kier molecular flexibility index (Phi) is 4.33. The Morgan fingerprint density at radius 2 is 2.12 bits per heavy atom. The number of benzene rings is 1. The van der Waals surface area contributed by atoms with Crippen molar-refractivity contribution >= 4 is 5.97 Å². The highest BCUT2D eigenvalue weighted by atomic mass is 16.4. The van der Waals surface area contributed by atoms with Crippen molar-refractivity contribution in [2.24, 2.45) is 0 Å². The van der Waals surface area contributed by atoms with Crippen LogP contribution in [0.5, 0.6) is 5.75 Å². The quantitative estimate of drug-likeness (QED) is 0.764. The Labute approximate surface area is 94.4 Å². The molecule has 0 amide bonds. The van der Waals surface area contributed by atoms with Crippen molar-refractivity contribution in [2.45, 2.75) is 13.3 Å². The molecule has 0 fully saturated rings. The molecule has 1 aromatic rings. The summed E-state index contributed by atoms with van der Waals surface area (Å²) < 4.78 is 0. The molecule has 84 valence electrons. The monoisotopic (exact) mass is 218 g/mol. The molecule has 0 spiro atoms. The molecular weight excluding hydrogens is 204 g/mol. The summed E-state index contributed by atoms with van der Waals surface area (Å²) in [6.07, 6.45) is 7.93. The van der Waals surface area contributed by atoms with Crippen LogP contribution in [0.1, 0.15) is 22.8 Å². The number of phenols is 1. The van der Waals surface area contributed by atoms with Crippen LogP contribution >= 0.6 is 0 Å². The van der Waals surface area contributed by atoms with Gasteiger partial charge in [-0.25, -0.2) is 4.79 Å². The first-order valence-electron chi connectivity index (χ1n) is 4.98. The van der Waals surface area contributed by atoms with Gasteiger partial charge >= 0.3 is 5.97 Å². The molecule has 0 aliphatic heterocycles. The Morgan fingerprint density at radius 3 is 2.75 bits per heavy atom. The fourth-order valence-electron chi connectivity index (χ4n) is 1.34. The Balaban J connectivity index is 2.92. The fourth-order valence-corrected chi connectivity index (χ4v) is 1.34. The number of hydrogen-bond acceptors (Lipinski definition) is 2. The van der Waals surface area contributed by atoms with Gasteiger partial charge in [0.15, 0.2) is 0 Å². The van der Waals surface area contributed by atoms with Crippen LogP contribution in [0.2, 0.25) is 0 Å². The largest absolute Gasteiger partial charge is 0.508 e. The first kappa shape index (κ1) is 12.0. The van der Waals surface area contributed by atoms with E-state index in [0.29, 0.717) is 12.0 Å². The van der Waals surface area contributed by atoms with Gasteiger partial charge in [-0.05, 0) is 37.1 Å². The van der Waals surface area contributed by atoms with E-state index in [1.807, 2.05) is 31.2 Å². The molecule has 0 radical (unpaired) electrons. The summed E-state index contributed by atoms with van der Waals surface area (Å²) in [5, 5.41) is 18.2. The predicted molar refractivity (Wildman–Crippen MR) is 62.7 cm³/mol. The molecule has 3 heteroatoms. The third kappa shape index (κ3) is 3.28. The summed E-state index contributed by atoms with van der Waals surface area (Å²) in [6.45, 7) is 1.90. The second-order valence-corrected chi connectivity index (χ2v) is 3.30. The van der Waals surface area contributed by atoms with Gasteiger partial charge in [-0.1, -0.05) is 24.3 Å². The van der Waals surface area contributed by atoms with Gasteiger partial charge in [-0.3, -0.25) is 0 Å². The van der Waals surface area contributed by atoms with Gasteiger partial charge in [0.2, 0.25) is 0 Å². The van der Waals surface area contributed by atoms with E-state index in [-0.39, 0.29) is 11.3 Å². The van der Waals surface area contributed by atoms with Gasteiger partial charge in [0.25, 0.3) is 0 Å². The molecule has 0 heterocycles. The summed E-state index contributed by atoms with van der Waals surface area (Å²) in [7, 11) is 0. The van der Waals surface area contributed by atoms with Crippen molar-refractivity contribution in [1.29, 1.82) is 0 Å².